The van der Waals surface area contributed by atoms with Gasteiger partial charge in [0.1, 0.15) is 0 Å². The summed E-state index contributed by atoms with van der Waals surface area (Å²) in [7, 11) is 0. The van der Waals surface area contributed by atoms with Crippen LogP contribution >= 0.6 is 11.3 Å². The number of nitrogens with zero attached hydrogens (tertiary/aromatic N) is 3. The molecule has 3 aromatic rings. The molecule has 1 aliphatic carbocycles. The van der Waals surface area contributed by atoms with Crippen molar-refractivity contribution >= 4 is 11.3 Å². The second-order valence-corrected chi connectivity index (χ2v) is 7.11. The molecule has 1 aromatic carbocycles. The van der Waals surface area contributed by atoms with Crippen molar-refractivity contribution in [3.8, 4) is 11.5 Å². The molecular formula is C19H21N3OS. The highest BCUT2D eigenvalue weighted by Crippen LogP contribution is 2.30. The van der Waals surface area contributed by atoms with E-state index in [4.69, 9.17) is 4.52 Å². The number of thiophene rings is 1. The predicted molar refractivity (Wildman–Crippen MR) is 95.7 cm³/mol. The van der Waals surface area contributed by atoms with Crippen LogP contribution in [-0.4, -0.2) is 21.1 Å². The van der Waals surface area contributed by atoms with Gasteiger partial charge >= 0.3 is 0 Å². The van der Waals surface area contributed by atoms with Gasteiger partial charge in [0.25, 0.3) is 5.89 Å². The smallest absolute Gasteiger partial charge is 0.258 e. The zero-order valence-electron chi connectivity index (χ0n) is 13.8. The van der Waals surface area contributed by atoms with E-state index < -0.39 is 0 Å². The highest BCUT2D eigenvalue weighted by atomic mass is 32.1. The molecule has 0 aliphatic heterocycles. The standard InChI is InChI=1S/C19H21N3OS/c1-2-14-3-5-15(6-4-14)11-22(17-7-8-17)12-18-20-19(23-21-18)16-9-10-24-13-16/h3-6,9-10,13,17H,2,7-8,11-12H2,1H3. The fourth-order valence-electron chi connectivity index (χ4n) is 2.87. The summed E-state index contributed by atoms with van der Waals surface area (Å²) in [5.74, 6) is 1.39. The van der Waals surface area contributed by atoms with E-state index in [1.807, 2.05) is 16.8 Å². The zero-order valence-corrected chi connectivity index (χ0v) is 14.6. The quantitative estimate of drug-likeness (QED) is 0.634. The number of aryl methyl sites for hydroxylation is 1. The van der Waals surface area contributed by atoms with E-state index in [9.17, 15) is 0 Å². The SMILES string of the molecule is CCc1ccc(CN(Cc2noc(-c3ccsc3)n2)C2CC2)cc1. The number of hydrogen-bond donors (Lipinski definition) is 0. The average Bonchev–Trinajstić information content (AvgIpc) is 3.11. The first-order valence-electron chi connectivity index (χ1n) is 8.49. The van der Waals surface area contributed by atoms with Crippen molar-refractivity contribution in [3.05, 3.63) is 58.0 Å². The molecule has 5 heteroatoms. The fraction of sp³-hybridized carbons (Fsp3) is 0.368. The van der Waals surface area contributed by atoms with Crippen LogP contribution < -0.4 is 0 Å². The van der Waals surface area contributed by atoms with Gasteiger partial charge in [-0.05, 0) is 41.8 Å². The normalized spacial score (nSPS) is 14.4. The van der Waals surface area contributed by atoms with E-state index in [0.717, 1.165) is 30.9 Å². The highest BCUT2D eigenvalue weighted by Gasteiger charge is 2.30. The van der Waals surface area contributed by atoms with E-state index in [1.165, 1.54) is 24.0 Å². The summed E-state index contributed by atoms with van der Waals surface area (Å²) in [6.07, 6.45) is 3.62. The first kappa shape index (κ1) is 15.5. The number of benzene rings is 1. The van der Waals surface area contributed by atoms with Crippen molar-refractivity contribution in [1.29, 1.82) is 0 Å². The Morgan fingerprint density at radius 1 is 1.12 bits per heavy atom. The molecule has 0 atom stereocenters. The Morgan fingerprint density at radius 2 is 1.92 bits per heavy atom. The van der Waals surface area contributed by atoms with Crippen molar-refractivity contribution in [1.82, 2.24) is 15.0 Å². The molecule has 0 spiro atoms. The predicted octanol–water partition coefficient (Wildman–Crippen LogP) is 4.53. The topological polar surface area (TPSA) is 42.2 Å². The van der Waals surface area contributed by atoms with Gasteiger partial charge in [0, 0.05) is 18.0 Å². The van der Waals surface area contributed by atoms with Gasteiger partial charge in [-0.1, -0.05) is 36.3 Å². The Labute approximate surface area is 146 Å². The molecular weight excluding hydrogens is 318 g/mol. The van der Waals surface area contributed by atoms with E-state index in [1.54, 1.807) is 11.3 Å². The molecule has 4 rings (SSSR count). The van der Waals surface area contributed by atoms with Crippen molar-refractivity contribution < 1.29 is 4.52 Å². The Bertz CT molecular complexity index is 775. The van der Waals surface area contributed by atoms with Crippen LogP contribution in [-0.2, 0) is 19.5 Å². The van der Waals surface area contributed by atoms with Gasteiger partial charge < -0.3 is 4.52 Å². The average molecular weight is 339 g/mol. The van der Waals surface area contributed by atoms with Gasteiger partial charge in [-0.3, -0.25) is 4.90 Å². The molecule has 1 fully saturated rings. The Balaban J connectivity index is 1.45. The summed E-state index contributed by atoms with van der Waals surface area (Å²) in [4.78, 5) is 7.02. The number of hydrogen-bond acceptors (Lipinski definition) is 5. The minimum atomic E-state index is 0.620. The zero-order chi connectivity index (χ0) is 16.4. The summed E-state index contributed by atoms with van der Waals surface area (Å²) in [6.45, 7) is 3.87. The molecule has 0 radical (unpaired) electrons. The van der Waals surface area contributed by atoms with Crippen molar-refractivity contribution in [2.45, 2.75) is 45.3 Å². The highest BCUT2D eigenvalue weighted by molar-refractivity contribution is 7.08. The Morgan fingerprint density at radius 3 is 2.58 bits per heavy atom. The molecule has 4 nitrogen and oxygen atoms in total. The van der Waals surface area contributed by atoms with Crippen molar-refractivity contribution in [3.63, 3.8) is 0 Å². The molecule has 124 valence electrons. The monoisotopic (exact) mass is 339 g/mol. The molecule has 0 bridgehead atoms. The van der Waals surface area contributed by atoms with E-state index in [0.29, 0.717) is 11.9 Å². The lowest BCUT2D eigenvalue weighted by Gasteiger charge is -2.20. The molecule has 0 saturated heterocycles. The third kappa shape index (κ3) is 3.57. The van der Waals surface area contributed by atoms with Crippen LogP contribution in [0.15, 0.2) is 45.6 Å². The second kappa shape index (κ2) is 6.87. The summed E-state index contributed by atoms with van der Waals surface area (Å²) in [5, 5.41) is 8.22. The van der Waals surface area contributed by atoms with Crippen LogP contribution in [0.25, 0.3) is 11.5 Å². The molecule has 0 N–H and O–H groups in total. The Hall–Kier alpha value is -1.98. The molecule has 1 aliphatic rings. The Kier molecular flexibility index (Phi) is 4.45. The van der Waals surface area contributed by atoms with Crippen molar-refractivity contribution in [2.24, 2.45) is 0 Å². The first-order chi connectivity index (χ1) is 11.8. The van der Waals surface area contributed by atoms with Gasteiger partial charge in [0.2, 0.25) is 0 Å². The lowest BCUT2D eigenvalue weighted by molar-refractivity contribution is 0.235. The lowest BCUT2D eigenvalue weighted by atomic mass is 10.1. The molecule has 0 unspecified atom stereocenters. The van der Waals surface area contributed by atoms with Gasteiger partial charge in [0.05, 0.1) is 12.1 Å². The third-order valence-corrected chi connectivity index (χ3v) is 5.14. The summed E-state index contributed by atoms with van der Waals surface area (Å²) in [6, 6.07) is 11.6. The largest absolute Gasteiger partial charge is 0.334 e. The summed E-state index contributed by atoms with van der Waals surface area (Å²) < 4.78 is 5.41. The minimum absolute atomic E-state index is 0.620. The van der Waals surface area contributed by atoms with Crippen LogP contribution in [0.4, 0.5) is 0 Å². The first-order valence-corrected chi connectivity index (χ1v) is 9.43. The molecule has 2 heterocycles. The maximum atomic E-state index is 5.41. The van der Waals surface area contributed by atoms with Crippen LogP contribution in [0.1, 0.15) is 36.7 Å². The van der Waals surface area contributed by atoms with E-state index in [2.05, 4.69) is 46.2 Å². The lowest BCUT2D eigenvalue weighted by Crippen LogP contribution is -2.25. The van der Waals surface area contributed by atoms with E-state index in [-0.39, 0.29) is 0 Å². The fourth-order valence-corrected chi connectivity index (χ4v) is 3.50. The molecule has 1 saturated carbocycles. The number of aromatic nitrogens is 2. The van der Waals surface area contributed by atoms with Crippen LogP contribution in [0.3, 0.4) is 0 Å². The van der Waals surface area contributed by atoms with Gasteiger partial charge in [-0.2, -0.15) is 16.3 Å². The van der Waals surface area contributed by atoms with Gasteiger partial charge in [0.15, 0.2) is 5.82 Å². The maximum absolute atomic E-state index is 5.41. The molecule has 2 aromatic heterocycles. The van der Waals surface area contributed by atoms with E-state index >= 15 is 0 Å². The second-order valence-electron chi connectivity index (χ2n) is 6.33. The van der Waals surface area contributed by atoms with Crippen LogP contribution in [0.5, 0.6) is 0 Å². The van der Waals surface area contributed by atoms with Crippen molar-refractivity contribution in [2.75, 3.05) is 0 Å². The van der Waals surface area contributed by atoms with Gasteiger partial charge in [-0.25, -0.2) is 0 Å². The van der Waals surface area contributed by atoms with Crippen LogP contribution in [0, 0.1) is 0 Å². The number of rotatable bonds is 7. The minimum Gasteiger partial charge on any atom is -0.334 e. The van der Waals surface area contributed by atoms with Gasteiger partial charge in [-0.15, -0.1) is 0 Å². The maximum Gasteiger partial charge on any atom is 0.258 e. The third-order valence-electron chi connectivity index (χ3n) is 4.46. The summed E-state index contributed by atoms with van der Waals surface area (Å²) >= 11 is 1.64. The summed E-state index contributed by atoms with van der Waals surface area (Å²) in [5.41, 5.74) is 3.74. The van der Waals surface area contributed by atoms with Crippen LogP contribution in [0.2, 0.25) is 0 Å². The molecule has 0 amide bonds. The molecule has 24 heavy (non-hydrogen) atoms.